The van der Waals surface area contributed by atoms with E-state index in [4.69, 9.17) is 23.7 Å². The average molecular weight is 589 g/mol. The number of benzene rings is 5. The maximum absolute atomic E-state index is 13.0. The van der Waals surface area contributed by atoms with Crippen molar-refractivity contribution in [3.63, 3.8) is 0 Å². The Morgan fingerprint density at radius 3 is 1.18 bits per heavy atom. The summed E-state index contributed by atoms with van der Waals surface area (Å²) in [4.78, 5) is 38.3. The van der Waals surface area contributed by atoms with Gasteiger partial charge in [-0.2, -0.15) is 0 Å². The molecule has 0 radical (unpaired) electrons. The minimum atomic E-state index is -1.07. The number of hydrogen-bond acceptors (Lipinski definition) is 8. The molecule has 0 aliphatic carbocycles. The largest absolute Gasteiger partial charge is 0.458 e. The van der Waals surface area contributed by atoms with Crippen molar-refractivity contribution in [1.82, 2.24) is 0 Å². The van der Waals surface area contributed by atoms with Crippen LogP contribution >= 0.6 is 0 Å². The van der Waals surface area contributed by atoms with E-state index in [1.165, 1.54) is 0 Å². The fourth-order valence-electron chi connectivity index (χ4n) is 3.98. The van der Waals surface area contributed by atoms with Gasteiger partial charge in [0.2, 0.25) is 0 Å². The zero-order chi connectivity index (χ0) is 30.6. The molecule has 0 N–H and O–H groups in total. The van der Waals surface area contributed by atoms with Crippen molar-refractivity contribution in [1.29, 1.82) is 0 Å². The third kappa shape index (κ3) is 8.56. The Labute approximate surface area is 254 Å². The quantitative estimate of drug-likeness (QED) is 0.109. The van der Waals surface area contributed by atoms with Gasteiger partial charge in [-0.05, 0) is 84.9 Å². The highest BCUT2D eigenvalue weighted by Gasteiger charge is 2.22. The van der Waals surface area contributed by atoms with Crippen LogP contribution in [0.2, 0.25) is 0 Å². The lowest BCUT2D eigenvalue weighted by Crippen LogP contribution is -2.31. The molecule has 1 unspecified atom stereocenters. The third-order valence-electron chi connectivity index (χ3n) is 6.22. The van der Waals surface area contributed by atoms with Gasteiger partial charge >= 0.3 is 17.9 Å². The Morgan fingerprint density at radius 2 is 0.750 bits per heavy atom. The summed E-state index contributed by atoms with van der Waals surface area (Å²) in [5, 5.41) is 0. The number of esters is 3. The maximum Gasteiger partial charge on any atom is 0.338 e. The van der Waals surface area contributed by atoms with E-state index in [1.807, 2.05) is 60.7 Å². The summed E-state index contributed by atoms with van der Waals surface area (Å²) in [6, 6.07) is 39.7. The highest BCUT2D eigenvalue weighted by Crippen LogP contribution is 2.23. The van der Waals surface area contributed by atoms with Crippen LogP contribution in [0.1, 0.15) is 31.1 Å². The normalized spacial score (nSPS) is 11.1. The van der Waals surface area contributed by atoms with Crippen molar-refractivity contribution in [2.24, 2.45) is 0 Å². The second kappa shape index (κ2) is 14.8. The van der Waals surface area contributed by atoms with E-state index in [1.54, 1.807) is 78.9 Å². The molecular weight excluding hydrogens is 560 g/mol. The SMILES string of the molecule is O=C(OCC(COC(=O)c1ccc(Oc2ccccc2)cc1)OC(=O)c1ccc(Oc2ccccc2)cc1)c1ccccc1. The summed E-state index contributed by atoms with van der Waals surface area (Å²) in [6.07, 6.45) is -1.07. The molecule has 0 fully saturated rings. The zero-order valence-corrected chi connectivity index (χ0v) is 23.5. The van der Waals surface area contributed by atoms with Gasteiger partial charge in [-0.1, -0.05) is 54.6 Å². The standard InChI is InChI=1S/C36H28O8/c37-34(26-10-4-1-5-11-26)40-24-33(44-36(39)28-18-22-32(23-19-28)43-30-14-8-3-9-15-30)25-41-35(38)27-16-20-31(21-17-27)42-29-12-6-2-7-13-29/h1-23,33H,24-25H2. The molecule has 5 rings (SSSR count). The smallest absolute Gasteiger partial charge is 0.338 e. The third-order valence-corrected chi connectivity index (χ3v) is 6.22. The predicted molar refractivity (Wildman–Crippen MR) is 162 cm³/mol. The summed E-state index contributed by atoms with van der Waals surface area (Å²) < 4.78 is 27.9. The second-order valence-electron chi connectivity index (χ2n) is 9.47. The molecule has 0 saturated heterocycles. The number of carbonyl (C=O) groups excluding carboxylic acids is 3. The summed E-state index contributed by atoms with van der Waals surface area (Å²) in [5.41, 5.74) is 0.845. The molecule has 220 valence electrons. The lowest BCUT2D eigenvalue weighted by Gasteiger charge is -2.18. The second-order valence-corrected chi connectivity index (χ2v) is 9.47. The number of carbonyl (C=O) groups is 3. The molecule has 5 aromatic carbocycles. The van der Waals surface area contributed by atoms with E-state index in [0.717, 1.165) is 0 Å². The highest BCUT2D eigenvalue weighted by atomic mass is 16.6. The van der Waals surface area contributed by atoms with Crippen molar-refractivity contribution in [2.45, 2.75) is 6.10 Å². The highest BCUT2D eigenvalue weighted by molar-refractivity contribution is 5.91. The molecule has 5 aromatic rings. The fourth-order valence-corrected chi connectivity index (χ4v) is 3.98. The van der Waals surface area contributed by atoms with Crippen molar-refractivity contribution in [3.8, 4) is 23.0 Å². The van der Waals surface area contributed by atoms with E-state index < -0.39 is 24.0 Å². The molecule has 44 heavy (non-hydrogen) atoms. The summed E-state index contributed by atoms with van der Waals surface area (Å²) in [7, 11) is 0. The summed E-state index contributed by atoms with van der Waals surface area (Å²) in [5.74, 6) is 0.473. The van der Waals surface area contributed by atoms with Crippen molar-refractivity contribution < 1.29 is 38.1 Å². The molecule has 8 nitrogen and oxygen atoms in total. The number of para-hydroxylation sites is 2. The first-order chi connectivity index (χ1) is 21.5. The first-order valence-corrected chi connectivity index (χ1v) is 13.8. The number of rotatable bonds is 12. The van der Waals surface area contributed by atoms with Crippen LogP contribution in [-0.2, 0) is 14.2 Å². The van der Waals surface area contributed by atoms with Crippen LogP contribution in [0, 0.1) is 0 Å². The molecule has 0 aliphatic rings. The van der Waals surface area contributed by atoms with E-state index in [-0.39, 0.29) is 24.3 Å². The first-order valence-electron chi connectivity index (χ1n) is 13.8. The molecule has 0 aromatic heterocycles. The van der Waals surface area contributed by atoms with Gasteiger partial charge in [0.15, 0.2) is 6.10 Å². The van der Waals surface area contributed by atoms with Crippen molar-refractivity contribution >= 4 is 17.9 Å². The monoisotopic (exact) mass is 588 g/mol. The van der Waals surface area contributed by atoms with Gasteiger partial charge in [0, 0.05) is 0 Å². The Kier molecular flexibility index (Phi) is 9.98. The minimum absolute atomic E-state index is 0.241. The number of hydrogen-bond donors (Lipinski definition) is 0. The molecule has 0 saturated carbocycles. The zero-order valence-electron chi connectivity index (χ0n) is 23.5. The van der Waals surface area contributed by atoms with Gasteiger partial charge in [0.05, 0.1) is 16.7 Å². The van der Waals surface area contributed by atoms with Crippen molar-refractivity contribution in [3.05, 3.63) is 156 Å². The van der Waals surface area contributed by atoms with Crippen molar-refractivity contribution in [2.75, 3.05) is 13.2 Å². The number of ether oxygens (including phenoxy) is 5. The topological polar surface area (TPSA) is 97.4 Å². The Bertz CT molecular complexity index is 1650. The van der Waals surface area contributed by atoms with Gasteiger partial charge in [-0.3, -0.25) is 0 Å². The van der Waals surface area contributed by atoms with Crippen LogP contribution in [0.3, 0.4) is 0 Å². The van der Waals surface area contributed by atoms with E-state index in [0.29, 0.717) is 28.6 Å². The Morgan fingerprint density at radius 1 is 0.409 bits per heavy atom. The molecule has 0 amide bonds. The summed E-state index contributed by atoms with van der Waals surface area (Å²) >= 11 is 0. The predicted octanol–water partition coefficient (Wildman–Crippen LogP) is 7.51. The van der Waals surface area contributed by atoms with Gasteiger partial charge in [0.25, 0.3) is 0 Å². The van der Waals surface area contributed by atoms with Crippen LogP contribution in [-0.4, -0.2) is 37.2 Å². The van der Waals surface area contributed by atoms with Gasteiger partial charge in [-0.15, -0.1) is 0 Å². The molecule has 0 aliphatic heterocycles. The Hall–Kier alpha value is -5.89. The van der Waals surface area contributed by atoms with Crippen LogP contribution in [0.5, 0.6) is 23.0 Å². The van der Waals surface area contributed by atoms with Crippen LogP contribution in [0.15, 0.2) is 140 Å². The Balaban J connectivity index is 1.21. The minimum Gasteiger partial charge on any atom is -0.458 e. The molecule has 1 atom stereocenters. The van der Waals surface area contributed by atoms with Crippen LogP contribution < -0.4 is 9.47 Å². The lowest BCUT2D eigenvalue weighted by molar-refractivity contribution is -0.0253. The van der Waals surface area contributed by atoms with Crippen LogP contribution in [0.25, 0.3) is 0 Å². The molecular formula is C36H28O8. The lowest BCUT2D eigenvalue weighted by atomic mass is 10.2. The van der Waals surface area contributed by atoms with E-state index in [9.17, 15) is 14.4 Å². The fraction of sp³-hybridized carbons (Fsp3) is 0.0833. The van der Waals surface area contributed by atoms with Gasteiger partial charge < -0.3 is 23.7 Å². The molecule has 0 bridgehead atoms. The summed E-state index contributed by atoms with van der Waals surface area (Å²) in [6.45, 7) is -0.671. The maximum atomic E-state index is 13.0. The molecule has 0 spiro atoms. The first kappa shape index (κ1) is 29.6. The van der Waals surface area contributed by atoms with E-state index in [2.05, 4.69) is 0 Å². The molecule has 0 heterocycles. The van der Waals surface area contributed by atoms with Crippen LogP contribution in [0.4, 0.5) is 0 Å². The van der Waals surface area contributed by atoms with Gasteiger partial charge in [0.1, 0.15) is 36.2 Å². The van der Waals surface area contributed by atoms with Gasteiger partial charge in [-0.25, -0.2) is 14.4 Å². The average Bonchev–Trinajstić information content (AvgIpc) is 3.07. The van der Waals surface area contributed by atoms with E-state index >= 15 is 0 Å². The molecule has 8 heteroatoms.